The molecule has 1 amide bonds. The van der Waals surface area contributed by atoms with E-state index >= 15 is 0 Å². The number of nitrogens with zero attached hydrogens (tertiary/aromatic N) is 2. The van der Waals surface area contributed by atoms with Crippen molar-refractivity contribution in [3.63, 3.8) is 0 Å². The van der Waals surface area contributed by atoms with Crippen LogP contribution >= 0.6 is 0 Å². The lowest BCUT2D eigenvalue weighted by molar-refractivity contribution is -0.132. The Kier molecular flexibility index (Phi) is 8.49. The number of sulfonamides is 1. The van der Waals surface area contributed by atoms with E-state index in [4.69, 9.17) is 4.74 Å². The standard InChI is InChI=1S/C26H30N2O4S/c1-32-25-17-15-24(16-18-25)28(33(2,30)31)19-9-14-26(29)27(20-22-10-5-3-6-11-22)21-23-12-7-4-8-13-23/h3-8,10-13,15-18H,9,14,19-21H2,1-2H3. The lowest BCUT2D eigenvalue weighted by Crippen LogP contribution is -2.33. The third-order valence-corrected chi connectivity index (χ3v) is 6.49. The monoisotopic (exact) mass is 466 g/mol. The Morgan fingerprint density at radius 2 is 1.33 bits per heavy atom. The summed E-state index contributed by atoms with van der Waals surface area (Å²) >= 11 is 0. The van der Waals surface area contributed by atoms with E-state index in [2.05, 4.69) is 0 Å². The van der Waals surface area contributed by atoms with Crippen LogP contribution in [0.1, 0.15) is 24.0 Å². The van der Waals surface area contributed by atoms with Gasteiger partial charge in [-0.3, -0.25) is 9.10 Å². The van der Waals surface area contributed by atoms with E-state index < -0.39 is 10.0 Å². The van der Waals surface area contributed by atoms with Crippen LogP contribution in [0.5, 0.6) is 5.75 Å². The predicted molar refractivity (Wildman–Crippen MR) is 132 cm³/mol. The number of methoxy groups -OCH3 is 1. The van der Waals surface area contributed by atoms with Crippen molar-refractivity contribution < 1.29 is 17.9 Å². The highest BCUT2D eigenvalue weighted by Gasteiger charge is 2.20. The SMILES string of the molecule is COc1ccc(N(CCCC(=O)N(Cc2ccccc2)Cc2ccccc2)S(C)(=O)=O)cc1. The van der Waals surface area contributed by atoms with Crippen molar-refractivity contribution in [1.29, 1.82) is 0 Å². The first-order valence-corrected chi connectivity index (χ1v) is 12.7. The Bertz CT molecular complexity index is 1080. The molecule has 0 aliphatic heterocycles. The van der Waals surface area contributed by atoms with Crippen LogP contribution in [-0.2, 0) is 27.9 Å². The Morgan fingerprint density at radius 1 is 0.818 bits per heavy atom. The second-order valence-corrected chi connectivity index (χ2v) is 9.76. The van der Waals surface area contributed by atoms with Crippen LogP contribution in [0.3, 0.4) is 0 Å². The van der Waals surface area contributed by atoms with Crippen LogP contribution in [0.15, 0.2) is 84.9 Å². The molecular formula is C26H30N2O4S. The van der Waals surface area contributed by atoms with Gasteiger partial charge in [0.1, 0.15) is 5.75 Å². The third-order valence-electron chi connectivity index (χ3n) is 5.30. The summed E-state index contributed by atoms with van der Waals surface area (Å²) in [5.74, 6) is 0.644. The molecule has 0 aliphatic carbocycles. The quantitative estimate of drug-likeness (QED) is 0.418. The van der Waals surface area contributed by atoms with Crippen LogP contribution in [0, 0.1) is 0 Å². The zero-order valence-corrected chi connectivity index (χ0v) is 19.9. The van der Waals surface area contributed by atoms with E-state index in [-0.39, 0.29) is 18.9 Å². The molecule has 3 aromatic rings. The lowest BCUT2D eigenvalue weighted by atomic mass is 10.1. The molecule has 7 heteroatoms. The Morgan fingerprint density at radius 3 is 1.79 bits per heavy atom. The molecule has 0 radical (unpaired) electrons. The fourth-order valence-electron chi connectivity index (χ4n) is 3.61. The van der Waals surface area contributed by atoms with Gasteiger partial charge in [0.15, 0.2) is 0 Å². The summed E-state index contributed by atoms with van der Waals surface area (Å²) < 4.78 is 31.2. The normalized spacial score (nSPS) is 11.1. The molecule has 3 aromatic carbocycles. The van der Waals surface area contributed by atoms with Crippen molar-refractivity contribution in [2.45, 2.75) is 25.9 Å². The number of anilines is 1. The minimum Gasteiger partial charge on any atom is -0.497 e. The fourth-order valence-corrected chi connectivity index (χ4v) is 4.57. The predicted octanol–water partition coefficient (Wildman–Crippen LogP) is 4.47. The highest BCUT2D eigenvalue weighted by Crippen LogP contribution is 2.22. The third kappa shape index (κ3) is 7.36. The summed E-state index contributed by atoms with van der Waals surface area (Å²) in [5, 5.41) is 0. The average molecular weight is 467 g/mol. The van der Waals surface area contributed by atoms with E-state index in [1.165, 1.54) is 10.6 Å². The molecule has 0 aromatic heterocycles. The van der Waals surface area contributed by atoms with Crippen LogP contribution in [0.4, 0.5) is 5.69 Å². The van der Waals surface area contributed by atoms with Gasteiger partial charge < -0.3 is 9.64 Å². The van der Waals surface area contributed by atoms with Gasteiger partial charge in [0.05, 0.1) is 19.1 Å². The van der Waals surface area contributed by atoms with Gasteiger partial charge in [0, 0.05) is 26.1 Å². The van der Waals surface area contributed by atoms with Gasteiger partial charge in [-0.05, 0) is 41.8 Å². The summed E-state index contributed by atoms with van der Waals surface area (Å²) in [6, 6.07) is 26.6. The van der Waals surface area contributed by atoms with Gasteiger partial charge >= 0.3 is 0 Å². The molecule has 0 saturated heterocycles. The van der Waals surface area contributed by atoms with Crippen molar-refractivity contribution in [3.8, 4) is 5.75 Å². The van der Waals surface area contributed by atoms with Gasteiger partial charge in [-0.2, -0.15) is 0 Å². The molecule has 0 bridgehead atoms. The molecule has 0 spiro atoms. The molecule has 174 valence electrons. The number of ether oxygens (including phenoxy) is 1. The fraction of sp³-hybridized carbons (Fsp3) is 0.269. The molecule has 0 atom stereocenters. The smallest absolute Gasteiger partial charge is 0.232 e. The molecule has 3 rings (SSSR count). The second-order valence-electron chi connectivity index (χ2n) is 7.86. The van der Waals surface area contributed by atoms with Gasteiger partial charge in [-0.15, -0.1) is 0 Å². The maximum absolute atomic E-state index is 13.1. The minimum atomic E-state index is -3.49. The first-order valence-electron chi connectivity index (χ1n) is 10.8. The van der Waals surface area contributed by atoms with Crippen molar-refractivity contribution in [1.82, 2.24) is 4.90 Å². The summed E-state index contributed by atoms with van der Waals surface area (Å²) in [6.07, 6.45) is 1.84. The number of benzene rings is 3. The number of amides is 1. The second kappa shape index (κ2) is 11.5. The van der Waals surface area contributed by atoms with Gasteiger partial charge in [0.2, 0.25) is 15.9 Å². The highest BCUT2D eigenvalue weighted by atomic mass is 32.2. The topological polar surface area (TPSA) is 66.9 Å². The molecule has 33 heavy (non-hydrogen) atoms. The van der Waals surface area contributed by atoms with Crippen LogP contribution in [0.2, 0.25) is 0 Å². The first-order chi connectivity index (χ1) is 15.9. The first kappa shape index (κ1) is 24.3. The molecule has 0 aliphatic rings. The molecule has 0 heterocycles. The maximum Gasteiger partial charge on any atom is 0.232 e. The molecule has 0 fully saturated rings. The van der Waals surface area contributed by atoms with E-state index in [1.807, 2.05) is 65.6 Å². The van der Waals surface area contributed by atoms with Crippen molar-refractivity contribution in [2.24, 2.45) is 0 Å². The van der Waals surface area contributed by atoms with E-state index in [9.17, 15) is 13.2 Å². The zero-order chi connectivity index (χ0) is 23.7. The molecule has 6 nitrogen and oxygen atoms in total. The van der Waals surface area contributed by atoms with Crippen molar-refractivity contribution in [3.05, 3.63) is 96.1 Å². The van der Waals surface area contributed by atoms with Crippen molar-refractivity contribution >= 4 is 21.6 Å². The summed E-state index contributed by atoms with van der Waals surface area (Å²) in [6.45, 7) is 1.23. The number of carbonyl (C=O) groups is 1. The van der Waals surface area contributed by atoms with Crippen LogP contribution < -0.4 is 9.04 Å². The molecule has 0 N–H and O–H groups in total. The van der Waals surface area contributed by atoms with Crippen LogP contribution in [-0.4, -0.2) is 39.1 Å². The lowest BCUT2D eigenvalue weighted by Gasteiger charge is -2.25. The van der Waals surface area contributed by atoms with Gasteiger partial charge in [-0.25, -0.2) is 8.42 Å². The zero-order valence-electron chi connectivity index (χ0n) is 19.1. The number of hydrogen-bond acceptors (Lipinski definition) is 4. The molecular weight excluding hydrogens is 436 g/mol. The Hall–Kier alpha value is -3.32. The van der Waals surface area contributed by atoms with Gasteiger partial charge in [0.25, 0.3) is 0 Å². The van der Waals surface area contributed by atoms with E-state index in [0.29, 0.717) is 30.9 Å². The van der Waals surface area contributed by atoms with Crippen LogP contribution in [0.25, 0.3) is 0 Å². The Labute approximate surface area is 196 Å². The number of rotatable bonds is 11. The number of hydrogen-bond donors (Lipinski definition) is 0. The number of carbonyl (C=O) groups excluding carboxylic acids is 1. The van der Waals surface area contributed by atoms with E-state index in [1.54, 1.807) is 31.4 Å². The average Bonchev–Trinajstić information content (AvgIpc) is 2.82. The van der Waals surface area contributed by atoms with Gasteiger partial charge in [-0.1, -0.05) is 60.7 Å². The van der Waals surface area contributed by atoms with E-state index in [0.717, 1.165) is 11.1 Å². The summed E-state index contributed by atoms with van der Waals surface area (Å²) in [4.78, 5) is 15.0. The Balaban J connectivity index is 1.68. The maximum atomic E-state index is 13.1. The molecule has 0 unspecified atom stereocenters. The molecule has 0 saturated carbocycles. The largest absolute Gasteiger partial charge is 0.497 e. The summed E-state index contributed by atoms with van der Waals surface area (Å²) in [5.41, 5.74) is 2.66. The minimum absolute atomic E-state index is 0.00844. The summed E-state index contributed by atoms with van der Waals surface area (Å²) in [7, 11) is -1.92. The highest BCUT2D eigenvalue weighted by molar-refractivity contribution is 7.92. The van der Waals surface area contributed by atoms with Crippen molar-refractivity contribution in [2.75, 3.05) is 24.2 Å².